The molecule has 1 aromatic carbocycles. The Morgan fingerprint density at radius 3 is 2.36 bits per heavy atom. The predicted molar refractivity (Wildman–Crippen MR) is 96.7 cm³/mol. The summed E-state index contributed by atoms with van der Waals surface area (Å²) in [5.41, 5.74) is 1.10. The van der Waals surface area contributed by atoms with Crippen molar-refractivity contribution in [1.29, 1.82) is 0 Å². The third-order valence-electron chi connectivity index (χ3n) is 4.59. The minimum atomic E-state index is -0.204. The van der Waals surface area contributed by atoms with Crippen molar-refractivity contribution in [2.75, 3.05) is 26.2 Å². The van der Waals surface area contributed by atoms with E-state index >= 15 is 0 Å². The molecule has 0 aliphatic carbocycles. The maximum Gasteiger partial charge on any atom is 0.274 e. The molecule has 0 unspecified atom stereocenters. The maximum atomic E-state index is 12.7. The van der Waals surface area contributed by atoms with E-state index < -0.39 is 0 Å². The first-order valence-electron chi connectivity index (χ1n) is 8.70. The first-order valence-corrected chi connectivity index (χ1v) is 8.70. The molecule has 6 heteroatoms. The van der Waals surface area contributed by atoms with Crippen molar-refractivity contribution in [1.82, 2.24) is 19.6 Å². The Hall–Kier alpha value is -2.47. The van der Waals surface area contributed by atoms with Crippen molar-refractivity contribution in [2.24, 2.45) is 0 Å². The van der Waals surface area contributed by atoms with Crippen LogP contribution in [0.3, 0.4) is 0 Å². The lowest BCUT2D eigenvalue weighted by molar-refractivity contribution is 0.0587. The van der Waals surface area contributed by atoms with E-state index in [1.54, 1.807) is 0 Å². The second-order valence-corrected chi connectivity index (χ2v) is 6.62. The Bertz CT molecular complexity index is 778. The highest BCUT2D eigenvalue weighted by molar-refractivity contribution is 5.92. The molecule has 0 radical (unpaired) electrons. The maximum absolute atomic E-state index is 12.7. The second-order valence-electron chi connectivity index (χ2n) is 6.62. The van der Waals surface area contributed by atoms with Crippen LogP contribution in [0.2, 0.25) is 0 Å². The molecule has 6 nitrogen and oxygen atoms in total. The van der Waals surface area contributed by atoms with E-state index in [1.165, 1.54) is 16.8 Å². The van der Waals surface area contributed by atoms with Gasteiger partial charge in [0.1, 0.15) is 5.69 Å². The second kappa shape index (κ2) is 7.61. The summed E-state index contributed by atoms with van der Waals surface area (Å²) in [7, 11) is 0. The lowest BCUT2D eigenvalue weighted by Gasteiger charge is -2.36. The molecule has 2 heterocycles. The van der Waals surface area contributed by atoms with E-state index in [0.29, 0.717) is 31.4 Å². The minimum Gasteiger partial charge on any atom is -0.335 e. The van der Waals surface area contributed by atoms with E-state index in [2.05, 4.69) is 23.8 Å². The highest BCUT2D eigenvalue weighted by atomic mass is 16.2. The number of piperazine rings is 1. The average molecular weight is 340 g/mol. The van der Waals surface area contributed by atoms with Gasteiger partial charge in [0.2, 0.25) is 0 Å². The van der Waals surface area contributed by atoms with Crippen molar-refractivity contribution in [3.8, 4) is 0 Å². The Balaban J connectivity index is 1.73. The third kappa shape index (κ3) is 4.14. The number of hydrogen-bond acceptors (Lipinski definition) is 4. The number of carbonyl (C=O) groups excluding carboxylic acids is 1. The fraction of sp³-hybridized carbons (Fsp3) is 0.421. The molecule has 2 aromatic rings. The van der Waals surface area contributed by atoms with Crippen LogP contribution in [-0.2, 0) is 6.54 Å². The SMILES string of the molecule is CC(C)N1CCN(C(=O)c2ccc(=O)n(Cc3ccccc3)n2)CC1. The van der Waals surface area contributed by atoms with Crippen LogP contribution >= 0.6 is 0 Å². The first-order chi connectivity index (χ1) is 12.0. The van der Waals surface area contributed by atoms with Gasteiger partial charge in [0.15, 0.2) is 0 Å². The van der Waals surface area contributed by atoms with E-state index in [4.69, 9.17) is 0 Å². The van der Waals surface area contributed by atoms with Gasteiger partial charge in [-0.2, -0.15) is 5.10 Å². The van der Waals surface area contributed by atoms with Gasteiger partial charge in [-0.1, -0.05) is 30.3 Å². The van der Waals surface area contributed by atoms with Gasteiger partial charge in [-0.3, -0.25) is 14.5 Å². The number of benzene rings is 1. The summed E-state index contributed by atoms with van der Waals surface area (Å²) < 4.78 is 1.35. The number of aromatic nitrogens is 2. The fourth-order valence-corrected chi connectivity index (χ4v) is 3.04. The molecule has 3 rings (SSSR count). The summed E-state index contributed by atoms with van der Waals surface area (Å²) in [6.45, 7) is 7.81. The molecule has 25 heavy (non-hydrogen) atoms. The lowest BCUT2D eigenvalue weighted by Crippen LogP contribution is -2.51. The molecule has 1 aliphatic rings. The summed E-state index contributed by atoms with van der Waals surface area (Å²) in [6.07, 6.45) is 0. The van der Waals surface area contributed by atoms with E-state index in [1.807, 2.05) is 35.2 Å². The predicted octanol–water partition coefficient (Wildman–Crippen LogP) is 1.46. The van der Waals surface area contributed by atoms with Crippen LogP contribution in [0, 0.1) is 0 Å². The van der Waals surface area contributed by atoms with Gasteiger partial charge in [0.05, 0.1) is 6.54 Å². The summed E-state index contributed by atoms with van der Waals surface area (Å²) >= 11 is 0. The first kappa shape index (κ1) is 17.4. The molecular formula is C19H24N4O2. The summed E-state index contributed by atoms with van der Waals surface area (Å²) in [6, 6.07) is 13.1. The van der Waals surface area contributed by atoms with E-state index in [0.717, 1.165) is 18.7 Å². The molecule has 0 spiro atoms. The Kier molecular flexibility index (Phi) is 5.28. The quantitative estimate of drug-likeness (QED) is 0.845. The topological polar surface area (TPSA) is 58.4 Å². The van der Waals surface area contributed by atoms with Gasteiger partial charge in [-0.25, -0.2) is 4.68 Å². The van der Waals surface area contributed by atoms with Crippen LogP contribution in [0.1, 0.15) is 29.9 Å². The Morgan fingerprint density at radius 1 is 1.04 bits per heavy atom. The molecule has 0 N–H and O–H groups in total. The standard InChI is InChI=1S/C19H24N4O2/c1-15(2)21-10-12-22(13-11-21)19(25)17-8-9-18(24)23(20-17)14-16-6-4-3-5-7-16/h3-9,15H,10-14H2,1-2H3. The highest BCUT2D eigenvalue weighted by Crippen LogP contribution is 2.09. The van der Waals surface area contributed by atoms with E-state index in [-0.39, 0.29) is 11.5 Å². The summed E-state index contributed by atoms with van der Waals surface area (Å²) in [4.78, 5) is 29.0. The molecule has 1 aromatic heterocycles. The Labute approximate surface area is 147 Å². The summed E-state index contributed by atoms with van der Waals surface area (Å²) in [5.74, 6) is -0.106. The van der Waals surface area contributed by atoms with Crippen LogP contribution in [0.15, 0.2) is 47.3 Å². The minimum absolute atomic E-state index is 0.106. The molecule has 1 fully saturated rings. The van der Waals surface area contributed by atoms with Crippen molar-refractivity contribution >= 4 is 5.91 Å². The van der Waals surface area contributed by atoms with Gasteiger partial charge < -0.3 is 4.90 Å². The van der Waals surface area contributed by atoms with Crippen molar-refractivity contribution in [3.63, 3.8) is 0 Å². The van der Waals surface area contributed by atoms with Crippen molar-refractivity contribution in [3.05, 3.63) is 64.1 Å². The van der Waals surface area contributed by atoms with Gasteiger partial charge in [0, 0.05) is 38.3 Å². The van der Waals surface area contributed by atoms with Crippen molar-refractivity contribution in [2.45, 2.75) is 26.4 Å². The normalized spacial score (nSPS) is 15.6. The molecule has 0 bridgehead atoms. The van der Waals surface area contributed by atoms with Gasteiger partial charge in [0.25, 0.3) is 11.5 Å². The third-order valence-corrected chi connectivity index (χ3v) is 4.59. The van der Waals surface area contributed by atoms with Gasteiger partial charge >= 0.3 is 0 Å². The number of carbonyl (C=O) groups is 1. The van der Waals surface area contributed by atoms with Crippen LogP contribution in [0.25, 0.3) is 0 Å². The van der Waals surface area contributed by atoms with Crippen LogP contribution in [0.4, 0.5) is 0 Å². The molecule has 0 saturated carbocycles. The Morgan fingerprint density at radius 2 is 1.72 bits per heavy atom. The number of rotatable bonds is 4. The molecule has 1 saturated heterocycles. The van der Waals surface area contributed by atoms with Crippen LogP contribution in [-0.4, -0.2) is 57.7 Å². The fourth-order valence-electron chi connectivity index (χ4n) is 3.04. The molecular weight excluding hydrogens is 316 g/mol. The zero-order valence-corrected chi connectivity index (χ0v) is 14.8. The van der Waals surface area contributed by atoms with Gasteiger partial charge in [-0.05, 0) is 25.5 Å². The monoisotopic (exact) mass is 340 g/mol. The highest BCUT2D eigenvalue weighted by Gasteiger charge is 2.24. The smallest absolute Gasteiger partial charge is 0.274 e. The molecule has 132 valence electrons. The average Bonchev–Trinajstić information content (AvgIpc) is 2.64. The largest absolute Gasteiger partial charge is 0.335 e. The zero-order chi connectivity index (χ0) is 17.8. The van der Waals surface area contributed by atoms with E-state index in [9.17, 15) is 9.59 Å². The number of amides is 1. The van der Waals surface area contributed by atoms with Gasteiger partial charge in [-0.15, -0.1) is 0 Å². The van der Waals surface area contributed by atoms with Crippen molar-refractivity contribution < 1.29 is 4.79 Å². The number of hydrogen-bond donors (Lipinski definition) is 0. The van der Waals surface area contributed by atoms with Crippen LogP contribution in [0.5, 0.6) is 0 Å². The van der Waals surface area contributed by atoms with Crippen LogP contribution < -0.4 is 5.56 Å². The zero-order valence-electron chi connectivity index (χ0n) is 14.8. The summed E-state index contributed by atoms with van der Waals surface area (Å²) in [5, 5.41) is 4.30. The molecule has 0 atom stereocenters. The number of nitrogens with zero attached hydrogens (tertiary/aromatic N) is 4. The molecule has 1 amide bonds. The lowest BCUT2D eigenvalue weighted by atomic mass is 10.2. The molecule has 1 aliphatic heterocycles.